The van der Waals surface area contributed by atoms with Gasteiger partial charge in [-0.05, 0) is 54.7 Å². The van der Waals surface area contributed by atoms with E-state index in [1.165, 1.54) is 77.0 Å². The molecule has 2 aliphatic carbocycles. The zero-order valence-corrected chi connectivity index (χ0v) is 22.9. The van der Waals surface area contributed by atoms with E-state index in [1.54, 1.807) is 18.5 Å². The Labute approximate surface area is 222 Å². The number of hydrogen-bond donors (Lipinski definition) is 0. The van der Waals surface area contributed by atoms with Crippen molar-refractivity contribution < 1.29 is 13.5 Å². The van der Waals surface area contributed by atoms with Gasteiger partial charge < -0.3 is 4.74 Å². The summed E-state index contributed by atoms with van der Waals surface area (Å²) in [6, 6.07) is 1.77. The van der Waals surface area contributed by atoms with Gasteiger partial charge in [0.05, 0.1) is 24.6 Å². The molecular formula is C32H46F2N2O. The number of unbranched alkanes of at least 4 members (excludes halogenated alkanes) is 9. The van der Waals surface area contributed by atoms with Gasteiger partial charge in [-0.3, -0.25) is 0 Å². The molecule has 1 fully saturated rings. The average Bonchev–Trinajstić information content (AvgIpc) is 3.75. The Hall–Kier alpha value is -2.04. The molecule has 1 heterocycles. The second-order valence-electron chi connectivity index (χ2n) is 11.4. The Balaban J connectivity index is 1.21. The lowest BCUT2D eigenvalue weighted by Gasteiger charge is -2.26. The lowest BCUT2D eigenvalue weighted by Crippen LogP contribution is -2.17. The van der Waals surface area contributed by atoms with Crippen LogP contribution in [0.5, 0.6) is 5.75 Å². The molecule has 0 N–H and O–H groups in total. The first-order valence-electron chi connectivity index (χ1n) is 15.1. The highest BCUT2D eigenvalue weighted by atomic mass is 19.2. The molecule has 0 spiro atoms. The normalized spacial score (nSPS) is 17.1. The Morgan fingerprint density at radius 3 is 2.11 bits per heavy atom. The number of halogens is 2. The van der Waals surface area contributed by atoms with Gasteiger partial charge in [0.25, 0.3) is 0 Å². The van der Waals surface area contributed by atoms with Gasteiger partial charge in [0.15, 0.2) is 23.2 Å². The lowest BCUT2D eigenvalue weighted by atomic mass is 9.80. The Bertz CT molecular complexity index is 958. The van der Waals surface area contributed by atoms with Crippen LogP contribution in [-0.4, -0.2) is 16.6 Å². The van der Waals surface area contributed by atoms with Crippen LogP contribution in [0.3, 0.4) is 0 Å². The summed E-state index contributed by atoms with van der Waals surface area (Å²) in [4.78, 5) is 8.56. The van der Waals surface area contributed by atoms with Gasteiger partial charge in [0.1, 0.15) is 0 Å². The first-order valence-corrected chi connectivity index (χ1v) is 15.1. The minimum atomic E-state index is -0.825. The summed E-state index contributed by atoms with van der Waals surface area (Å²) in [5.74, 6) is 0.770. The summed E-state index contributed by atoms with van der Waals surface area (Å²) in [5.41, 5.74) is 1.64. The van der Waals surface area contributed by atoms with E-state index in [-0.39, 0.29) is 11.4 Å². The first-order chi connectivity index (χ1) is 18.2. The van der Waals surface area contributed by atoms with Gasteiger partial charge in [-0.25, -0.2) is 18.7 Å². The Kier molecular flexibility index (Phi) is 11.2. The van der Waals surface area contributed by atoms with Crippen molar-refractivity contribution in [1.29, 1.82) is 0 Å². The lowest BCUT2D eigenvalue weighted by molar-refractivity contribution is 0.303. The molecule has 3 nitrogen and oxygen atoms in total. The van der Waals surface area contributed by atoms with Crippen molar-refractivity contribution in [2.75, 3.05) is 6.61 Å². The van der Waals surface area contributed by atoms with Gasteiger partial charge in [0, 0.05) is 0 Å². The van der Waals surface area contributed by atoms with Crippen molar-refractivity contribution in [1.82, 2.24) is 9.97 Å². The van der Waals surface area contributed by atoms with Crippen LogP contribution in [0.15, 0.2) is 18.5 Å². The van der Waals surface area contributed by atoms with E-state index >= 15 is 8.78 Å². The predicted octanol–water partition coefficient (Wildman–Crippen LogP) is 9.41. The smallest absolute Gasteiger partial charge is 0.170 e. The predicted molar refractivity (Wildman–Crippen MR) is 147 cm³/mol. The van der Waals surface area contributed by atoms with Crippen LogP contribution in [0.25, 0.3) is 11.4 Å². The zero-order chi connectivity index (χ0) is 25.9. The van der Waals surface area contributed by atoms with Crippen molar-refractivity contribution >= 4 is 0 Å². The van der Waals surface area contributed by atoms with Crippen LogP contribution in [0.1, 0.15) is 121 Å². The number of aromatic nitrogens is 2. The summed E-state index contributed by atoms with van der Waals surface area (Å²) >= 11 is 0. The molecule has 1 aromatic heterocycles. The number of ether oxygens (including phenoxy) is 1. The fourth-order valence-corrected chi connectivity index (χ4v) is 5.72. The van der Waals surface area contributed by atoms with Crippen LogP contribution in [0.2, 0.25) is 0 Å². The van der Waals surface area contributed by atoms with Crippen LogP contribution in [-0.2, 0) is 12.8 Å². The molecule has 1 aromatic carbocycles. The van der Waals surface area contributed by atoms with E-state index in [2.05, 4.69) is 16.9 Å². The van der Waals surface area contributed by atoms with Gasteiger partial charge in [-0.15, -0.1) is 0 Å². The second-order valence-corrected chi connectivity index (χ2v) is 11.4. The summed E-state index contributed by atoms with van der Waals surface area (Å²) in [5, 5.41) is 0. The van der Waals surface area contributed by atoms with E-state index in [4.69, 9.17) is 4.74 Å². The molecule has 0 aliphatic heterocycles. The van der Waals surface area contributed by atoms with Crippen LogP contribution in [0, 0.1) is 23.5 Å². The molecule has 5 heteroatoms. The highest BCUT2D eigenvalue weighted by Gasteiger charge is 2.26. The maximum atomic E-state index is 15.1. The number of benzene rings is 1. The fourth-order valence-electron chi connectivity index (χ4n) is 5.72. The summed E-state index contributed by atoms with van der Waals surface area (Å²) in [6.07, 6.45) is 24.9. The molecule has 1 atom stereocenters. The van der Waals surface area contributed by atoms with Crippen molar-refractivity contribution in [3.05, 3.63) is 41.2 Å². The van der Waals surface area contributed by atoms with Crippen molar-refractivity contribution in [2.24, 2.45) is 11.8 Å². The van der Waals surface area contributed by atoms with Gasteiger partial charge in [0.2, 0.25) is 0 Å². The number of nitrogens with zero attached hydrogens (tertiary/aromatic N) is 2. The Morgan fingerprint density at radius 1 is 0.784 bits per heavy atom. The Morgan fingerprint density at radius 2 is 1.43 bits per heavy atom. The van der Waals surface area contributed by atoms with Crippen molar-refractivity contribution in [3.8, 4) is 17.1 Å². The highest BCUT2D eigenvalue weighted by Crippen LogP contribution is 2.36. The van der Waals surface area contributed by atoms with Crippen molar-refractivity contribution in [3.63, 3.8) is 0 Å². The molecule has 1 saturated carbocycles. The quantitative estimate of drug-likeness (QED) is 0.198. The van der Waals surface area contributed by atoms with E-state index in [1.807, 2.05) is 0 Å². The number of aryl methyl sites for hydroxylation is 1. The molecule has 204 valence electrons. The number of fused-ring (bicyclic) bond motifs is 1. The molecule has 0 bridgehead atoms. The van der Waals surface area contributed by atoms with Crippen LogP contribution in [0.4, 0.5) is 8.78 Å². The number of hydrogen-bond acceptors (Lipinski definition) is 3. The largest absolute Gasteiger partial charge is 0.490 e. The minimum absolute atomic E-state index is 0.154. The van der Waals surface area contributed by atoms with E-state index in [0.717, 1.165) is 43.6 Å². The van der Waals surface area contributed by atoms with Gasteiger partial charge in [-0.2, -0.15) is 0 Å². The van der Waals surface area contributed by atoms with E-state index in [0.29, 0.717) is 30.3 Å². The first kappa shape index (κ1) is 28.0. The third-order valence-electron chi connectivity index (χ3n) is 8.27. The molecule has 4 rings (SSSR count). The third-order valence-corrected chi connectivity index (χ3v) is 8.27. The van der Waals surface area contributed by atoms with Crippen LogP contribution < -0.4 is 4.74 Å². The fraction of sp³-hybridized carbons (Fsp3) is 0.688. The topological polar surface area (TPSA) is 35.0 Å². The maximum Gasteiger partial charge on any atom is 0.170 e. The van der Waals surface area contributed by atoms with Crippen LogP contribution >= 0.6 is 0 Å². The summed E-state index contributed by atoms with van der Waals surface area (Å²) < 4.78 is 35.9. The minimum Gasteiger partial charge on any atom is -0.490 e. The molecule has 0 saturated heterocycles. The van der Waals surface area contributed by atoms with Gasteiger partial charge >= 0.3 is 0 Å². The average molecular weight is 513 g/mol. The van der Waals surface area contributed by atoms with Gasteiger partial charge in [-0.1, -0.05) is 96.8 Å². The molecule has 0 radical (unpaired) electrons. The SMILES string of the molecule is CCCCCCOc1cnc(-c2cc3c(c(F)c2F)CC(CCCCCCCCCC2CC2)CC3)nc1. The third kappa shape index (κ3) is 8.75. The molecule has 2 aliphatic rings. The van der Waals surface area contributed by atoms with E-state index < -0.39 is 11.6 Å². The highest BCUT2D eigenvalue weighted by molar-refractivity contribution is 5.59. The molecular weight excluding hydrogens is 466 g/mol. The summed E-state index contributed by atoms with van der Waals surface area (Å²) in [6.45, 7) is 2.79. The number of rotatable bonds is 17. The summed E-state index contributed by atoms with van der Waals surface area (Å²) in [7, 11) is 0. The molecule has 37 heavy (non-hydrogen) atoms. The molecule has 2 aromatic rings. The monoisotopic (exact) mass is 512 g/mol. The molecule has 0 amide bonds. The van der Waals surface area contributed by atoms with Crippen molar-refractivity contribution in [2.45, 2.75) is 122 Å². The molecule has 1 unspecified atom stereocenters. The van der Waals surface area contributed by atoms with E-state index in [9.17, 15) is 0 Å². The standard InChI is InChI=1S/C32H46F2N2O/c1-2-3-4-12-19-37-27-22-35-32(36-23-27)29-21-26-18-17-25(20-28(26)30(33)31(29)34)14-11-9-7-5-6-8-10-13-24-15-16-24/h21-25H,2-20H2,1H3. The second kappa shape index (κ2) is 14.8. The maximum absolute atomic E-state index is 15.1. The zero-order valence-electron chi connectivity index (χ0n) is 22.9.